The first-order valence-corrected chi connectivity index (χ1v) is 15.2. The molecule has 1 heterocycles. The summed E-state index contributed by atoms with van der Waals surface area (Å²) in [7, 11) is 1.67. The molecule has 0 atom stereocenters. The maximum atomic E-state index is 14.0. The second-order valence-electron chi connectivity index (χ2n) is 12.1. The van der Waals surface area contributed by atoms with E-state index in [0.717, 1.165) is 54.3 Å². The number of hydrogen-bond acceptors (Lipinski definition) is 4. The third-order valence-electron chi connectivity index (χ3n) is 8.83. The zero-order valence-electron chi connectivity index (χ0n) is 25.4. The smallest absolute Gasteiger partial charge is 0.433 e. The number of hydrogen-bond donors (Lipinski definition) is 1. The van der Waals surface area contributed by atoms with Gasteiger partial charge in [-0.1, -0.05) is 36.4 Å². The van der Waals surface area contributed by atoms with Gasteiger partial charge in [0.1, 0.15) is 11.5 Å². The molecule has 5 nitrogen and oxygen atoms in total. The Hall–Kier alpha value is -3.39. The average Bonchev–Trinajstić information content (AvgIpc) is 3.00. The maximum Gasteiger partial charge on any atom is 0.433 e. The van der Waals surface area contributed by atoms with Crippen LogP contribution in [0.15, 0.2) is 78.2 Å². The number of aliphatic hydroxyl groups excluding tert-OH is 1. The Labute approximate surface area is 253 Å². The van der Waals surface area contributed by atoms with Gasteiger partial charge in [0.05, 0.1) is 13.2 Å². The second kappa shape index (κ2) is 14.4. The highest BCUT2D eigenvalue weighted by Gasteiger charge is 2.33. The molecule has 2 aromatic rings. The van der Waals surface area contributed by atoms with Crippen LogP contribution >= 0.6 is 0 Å². The number of ether oxygens (including phenoxy) is 1. The fourth-order valence-corrected chi connectivity index (χ4v) is 6.18. The Morgan fingerprint density at radius 3 is 2.26 bits per heavy atom. The number of aliphatic hydroxyl groups is 1. The van der Waals surface area contributed by atoms with E-state index in [1.54, 1.807) is 7.11 Å². The number of carbonyl (C=O) groups excluding carboxylic acids is 1. The van der Waals surface area contributed by atoms with E-state index in [9.17, 15) is 23.1 Å². The number of nitrogens with zero attached hydrogens (tertiary/aromatic N) is 2. The number of benzene rings is 1. The molecule has 1 N–H and O–H groups in total. The average molecular weight is 597 g/mol. The van der Waals surface area contributed by atoms with Crippen LogP contribution in [0, 0.1) is 17.8 Å². The van der Waals surface area contributed by atoms with Gasteiger partial charge in [-0.15, -0.1) is 0 Å². The van der Waals surface area contributed by atoms with Gasteiger partial charge >= 0.3 is 6.18 Å². The predicted molar refractivity (Wildman–Crippen MR) is 164 cm³/mol. The van der Waals surface area contributed by atoms with Crippen LogP contribution in [-0.2, 0) is 15.7 Å². The van der Waals surface area contributed by atoms with Crippen molar-refractivity contribution in [2.45, 2.75) is 77.5 Å². The molecule has 2 fully saturated rings. The summed E-state index contributed by atoms with van der Waals surface area (Å²) < 4.78 is 44.6. The molecule has 2 saturated carbocycles. The molecule has 0 saturated heterocycles. The molecule has 232 valence electrons. The Morgan fingerprint density at radius 1 is 1.00 bits per heavy atom. The number of halogens is 3. The maximum absolute atomic E-state index is 14.0. The summed E-state index contributed by atoms with van der Waals surface area (Å²) in [6.45, 7) is 8.91. The molecular formula is C35H43F3N2O3. The van der Waals surface area contributed by atoms with Crippen molar-refractivity contribution in [3.63, 3.8) is 0 Å². The van der Waals surface area contributed by atoms with Crippen LogP contribution in [0.1, 0.15) is 70.9 Å². The van der Waals surface area contributed by atoms with Gasteiger partial charge in [-0.05, 0) is 112 Å². The van der Waals surface area contributed by atoms with Crippen molar-refractivity contribution in [2.24, 2.45) is 17.8 Å². The first-order valence-electron chi connectivity index (χ1n) is 15.2. The molecule has 0 bridgehead atoms. The summed E-state index contributed by atoms with van der Waals surface area (Å²) in [5.41, 5.74) is 3.24. The van der Waals surface area contributed by atoms with Crippen molar-refractivity contribution < 1.29 is 27.8 Å². The van der Waals surface area contributed by atoms with Crippen molar-refractivity contribution in [1.29, 1.82) is 0 Å². The van der Waals surface area contributed by atoms with Gasteiger partial charge in [-0.2, -0.15) is 13.2 Å². The Balaban J connectivity index is 1.51. The van der Waals surface area contributed by atoms with Crippen molar-refractivity contribution in [3.8, 4) is 11.1 Å². The molecule has 1 aromatic heterocycles. The molecule has 1 amide bonds. The quantitative estimate of drug-likeness (QED) is 0.233. The number of rotatable bonds is 9. The number of methoxy groups -OCH3 is 1. The van der Waals surface area contributed by atoms with Crippen LogP contribution in [-0.4, -0.2) is 35.8 Å². The minimum Gasteiger partial charge on any atom is -0.497 e. The summed E-state index contributed by atoms with van der Waals surface area (Å²) in [6, 6.07) is 9.82. The van der Waals surface area contributed by atoms with Crippen molar-refractivity contribution in [2.75, 3.05) is 18.6 Å². The molecule has 43 heavy (non-hydrogen) atoms. The molecule has 0 radical (unpaired) electrons. The minimum absolute atomic E-state index is 0.0536. The van der Waals surface area contributed by atoms with Gasteiger partial charge < -0.3 is 14.7 Å². The lowest BCUT2D eigenvalue weighted by molar-refractivity contribution is -0.141. The second-order valence-corrected chi connectivity index (χ2v) is 12.1. The van der Waals surface area contributed by atoms with Gasteiger partial charge in [0.25, 0.3) is 0 Å². The number of anilines is 1. The van der Waals surface area contributed by atoms with Gasteiger partial charge in [0, 0.05) is 29.9 Å². The van der Waals surface area contributed by atoms with Crippen molar-refractivity contribution >= 4 is 11.6 Å². The van der Waals surface area contributed by atoms with Crippen LogP contribution in [0.4, 0.5) is 18.9 Å². The lowest BCUT2D eigenvalue weighted by Gasteiger charge is -2.36. The van der Waals surface area contributed by atoms with Crippen LogP contribution < -0.4 is 4.90 Å². The molecular weight excluding hydrogens is 553 g/mol. The van der Waals surface area contributed by atoms with E-state index >= 15 is 0 Å². The van der Waals surface area contributed by atoms with E-state index in [4.69, 9.17) is 4.74 Å². The van der Waals surface area contributed by atoms with E-state index in [0.29, 0.717) is 55.2 Å². The van der Waals surface area contributed by atoms with E-state index in [1.807, 2.05) is 55.2 Å². The van der Waals surface area contributed by atoms with Crippen LogP contribution in [0.5, 0.6) is 0 Å². The van der Waals surface area contributed by atoms with Crippen molar-refractivity contribution in [3.05, 3.63) is 83.9 Å². The number of amides is 1. The number of aromatic nitrogens is 1. The third-order valence-corrected chi connectivity index (χ3v) is 8.83. The summed E-state index contributed by atoms with van der Waals surface area (Å²) in [5, 5.41) is 10.0. The van der Waals surface area contributed by atoms with Gasteiger partial charge in [0.2, 0.25) is 5.91 Å². The lowest BCUT2D eigenvalue weighted by atomic mass is 9.78. The molecule has 0 spiro atoms. The topological polar surface area (TPSA) is 62.7 Å². The third kappa shape index (κ3) is 8.59. The summed E-state index contributed by atoms with van der Waals surface area (Å²) >= 11 is 0. The SMILES string of the molecule is C=C(/C=C\C(OC)=C(C)C)[C@H]1CC[C@H](CN(c2cccc(-c3ccc(C(F)(F)F)nc3)c2)C(=O)[C@H]2CC[C@H](O)CC2)CC1. The molecule has 2 aliphatic rings. The van der Waals surface area contributed by atoms with Crippen LogP contribution in [0.2, 0.25) is 0 Å². The zero-order valence-corrected chi connectivity index (χ0v) is 25.4. The normalized spacial score (nSPS) is 22.7. The number of allylic oxidation sites excluding steroid dienone is 4. The molecule has 0 unspecified atom stereocenters. The summed E-state index contributed by atoms with van der Waals surface area (Å²) in [6.07, 6.45) is 6.81. The fraction of sp³-hybridized carbons (Fsp3) is 0.486. The molecule has 8 heteroatoms. The van der Waals surface area contributed by atoms with Gasteiger partial charge in [0.15, 0.2) is 0 Å². The van der Waals surface area contributed by atoms with E-state index in [1.165, 1.54) is 12.3 Å². The molecule has 2 aliphatic carbocycles. The fourth-order valence-electron chi connectivity index (χ4n) is 6.18. The van der Waals surface area contributed by atoms with Crippen molar-refractivity contribution in [1.82, 2.24) is 4.98 Å². The monoisotopic (exact) mass is 596 g/mol. The Kier molecular flexibility index (Phi) is 10.9. The van der Waals surface area contributed by atoms with E-state index < -0.39 is 11.9 Å². The van der Waals surface area contributed by atoms with E-state index in [-0.39, 0.29) is 17.9 Å². The summed E-state index contributed by atoms with van der Waals surface area (Å²) in [4.78, 5) is 19.4. The molecule has 0 aliphatic heterocycles. The largest absolute Gasteiger partial charge is 0.497 e. The first-order chi connectivity index (χ1) is 20.5. The standard InChI is InChI=1S/C35H43F3N2O3/c1-23(2)32(43-4)18-8-24(3)26-11-9-25(10-12-26)22-40(34(42)27-13-16-31(41)17-14-27)30-7-5-6-28(20-30)29-15-19-33(39-21-29)35(36,37)38/h5-8,15,18-21,25-27,31,41H,3,9-14,16-17,22H2,1-2,4H3/b18-8-/t25-,26-,27-,31-. The van der Waals surface area contributed by atoms with Gasteiger partial charge in [-0.3, -0.25) is 9.78 Å². The minimum atomic E-state index is -4.50. The van der Waals surface area contributed by atoms with Gasteiger partial charge in [-0.25, -0.2) is 0 Å². The first kappa shape index (κ1) is 32.5. The molecule has 1 aromatic carbocycles. The number of alkyl halides is 3. The highest BCUT2D eigenvalue weighted by molar-refractivity contribution is 5.95. The lowest BCUT2D eigenvalue weighted by Crippen LogP contribution is -2.42. The predicted octanol–water partition coefficient (Wildman–Crippen LogP) is 8.51. The number of carbonyl (C=O) groups is 1. The number of pyridine rings is 1. The molecule has 4 rings (SSSR count). The van der Waals surface area contributed by atoms with E-state index in [2.05, 4.69) is 11.6 Å². The summed E-state index contributed by atoms with van der Waals surface area (Å²) in [5.74, 6) is 1.43. The van der Waals surface area contributed by atoms with Crippen LogP contribution in [0.25, 0.3) is 11.1 Å². The Morgan fingerprint density at radius 2 is 1.67 bits per heavy atom. The Bertz CT molecular complexity index is 1310. The highest BCUT2D eigenvalue weighted by Crippen LogP contribution is 2.37. The highest BCUT2D eigenvalue weighted by atomic mass is 19.4. The van der Waals surface area contributed by atoms with Crippen LogP contribution in [0.3, 0.4) is 0 Å². The zero-order chi connectivity index (χ0) is 31.1.